The number of nitrogens with one attached hydrogen (secondary N) is 1. The number of β-amino-alcohol motifs (C(OH)–C–C–N with tert-alkyl or cyclic N) is 1. The van der Waals surface area contributed by atoms with Gasteiger partial charge in [0.05, 0.1) is 30.2 Å². The SMILES string of the molecule is NCC(=O)NC[C@@H]1C[C@@H](O)CN1C(=O)OCc1ccc([N+](=O)[O-])cc1. The van der Waals surface area contributed by atoms with Gasteiger partial charge in [-0.05, 0) is 24.1 Å². The Labute approximate surface area is 143 Å². The van der Waals surface area contributed by atoms with Gasteiger partial charge in [0.1, 0.15) is 6.61 Å². The number of nitrogens with zero attached hydrogens (tertiary/aromatic N) is 2. The van der Waals surface area contributed by atoms with E-state index in [1.54, 1.807) is 0 Å². The molecule has 1 aromatic rings. The molecule has 1 heterocycles. The predicted octanol–water partition coefficient (Wildman–Crippen LogP) is -0.258. The molecule has 10 nitrogen and oxygen atoms in total. The van der Waals surface area contributed by atoms with Crippen LogP contribution in [0.15, 0.2) is 24.3 Å². The zero-order chi connectivity index (χ0) is 18.4. The Morgan fingerprint density at radius 1 is 1.40 bits per heavy atom. The van der Waals surface area contributed by atoms with Crippen LogP contribution in [0.4, 0.5) is 10.5 Å². The zero-order valence-corrected chi connectivity index (χ0v) is 13.5. The molecule has 25 heavy (non-hydrogen) atoms. The number of amides is 2. The van der Waals surface area contributed by atoms with Crippen molar-refractivity contribution in [3.8, 4) is 0 Å². The average molecular weight is 352 g/mol. The molecule has 2 rings (SSSR count). The fourth-order valence-electron chi connectivity index (χ4n) is 2.55. The van der Waals surface area contributed by atoms with Gasteiger partial charge in [0.25, 0.3) is 5.69 Å². The number of rotatable bonds is 6. The fraction of sp³-hybridized carbons (Fsp3) is 0.467. The monoisotopic (exact) mass is 352 g/mol. The first-order chi connectivity index (χ1) is 11.9. The van der Waals surface area contributed by atoms with Crippen molar-refractivity contribution < 1.29 is 24.4 Å². The summed E-state index contributed by atoms with van der Waals surface area (Å²) in [5.41, 5.74) is 5.77. The number of likely N-dealkylation sites (tertiary alicyclic amines) is 1. The average Bonchev–Trinajstić information content (AvgIpc) is 2.98. The first-order valence-electron chi connectivity index (χ1n) is 7.72. The number of benzene rings is 1. The molecule has 0 aromatic heterocycles. The molecule has 2 atom stereocenters. The van der Waals surface area contributed by atoms with Gasteiger partial charge in [-0.3, -0.25) is 14.9 Å². The molecular formula is C15H20N4O6. The summed E-state index contributed by atoms with van der Waals surface area (Å²) in [5, 5.41) is 22.9. The first-order valence-corrected chi connectivity index (χ1v) is 7.72. The number of hydrogen-bond donors (Lipinski definition) is 3. The van der Waals surface area contributed by atoms with Gasteiger partial charge in [0.15, 0.2) is 0 Å². The minimum atomic E-state index is -0.688. The Hall–Kier alpha value is -2.72. The summed E-state index contributed by atoms with van der Waals surface area (Å²) in [6.07, 6.45) is -0.981. The topological polar surface area (TPSA) is 148 Å². The van der Waals surface area contributed by atoms with Crippen LogP contribution in [0, 0.1) is 10.1 Å². The van der Waals surface area contributed by atoms with Crippen LogP contribution in [0.5, 0.6) is 0 Å². The molecule has 10 heteroatoms. The summed E-state index contributed by atoms with van der Waals surface area (Å²) in [5.74, 6) is -0.347. The third kappa shape index (κ3) is 5.13. The number of ether oxygens (including phenoxy) is 1. The predicted molar refractivity (Wildman–Crippen MR) is 86.5 cm³/mol. The van der Waals surface area contributed by atoms with Gasteiger partial charge in [-0.15, -0.1) is 0 Å². The van der Waals surface area contributed by atoms with Crippen molar-refractivity contribution in [2.45, 2.75) is 25.2 Å². The van der Waals surface area contributed by atoms with Crippen LogP contribution in [0.2, 0.25) is 0 Å². The molecule has 2 amide bonds. The number of nitrogens with two attached hydrogens (primary N) is 1. The second-order valence-electron chi connectivity index (χ2n) is 5.68. The lowest BCUT2D eigenvalue weighted by Crippen LogP contribution is -2.44. The number of aliphatic hydroxyl groups is 1. The molecule has 1 aromatic carbocycles. The lowest BCUT2D eigenvalue weighted by molar-refractivity contribution is -0.384. The normalized spacial score (nSPS) is 19.5. The van der Waals surface area contributed by atoms with E-state index >= 15 is 0 Å². The Morgan fingerprint density at radius 3 is 2.68 bits per heavy atom. The molecule has 1 aliphatic rings. The van der Waals surface area contributed by atoms with E-state index in [1.165, 1.54) is 29.2 Å². The van der Waals surface area contributed by atoms with Crippen molar-refractivity contribution in [1.29, 1.82) is 0 Å². The van der Waals surface area contributed by atoms with Gasteiger partial charge in [-0.25, -0.2) is 4.79 Å². The van der Waals surface area contributed by atoms with Crippen LogP contribution < -0.4 is 11.1 Å². The van der Waals surface area contributed by atoms with Gasteiger partial charge in [0, 0.05) is 18.7 Å². The quantitative estimate of drug-likeness (QED) is 0.472. The molecule has 1 fully saturated rings. The number of carbonyl (C=O) groups excluding carboxylic acids is 2. The fourth-order valence-corrected chi connectivity index (χ4v) is 2.55. The molecule has 0 spiro atoms. The highest BCUT2D eigenvalue weighted by atomic mass is 16.6. The Bertz CT molecular complexity index is 635. The van der Waals surface area contributed by atoms with Crippen molar-refractivity contribution in [2.75, 3.05) is 19.6 Å². The van der Waals surface area contributed by atoms with Gasteiger partial charge in [-0.2, -0.15) is 0 Å². The van der Waals surface area contributed by atoms with E-state index in [4.69, 9.17) is 10.5 Å². The molecule has 0 unspecified atom stereocenters. The van der Waals surface area contributed by atoms with Gasteiger partial charge in [0.2, 0.25) is 5.91 Å². The summed E-state index contributed by atoms with van der Waals surface area (Å²) >= 11 is 0. The lowest BCUT2D eigenvalue weighted by atomic mass is 10.2. The number of nitro benzene ring substituents is 1. The smallest absolute Gasteiger partial charge is 0.410 e. The molecule has 4 N–H and O–H groups in total. The number of non-ortho nitro benzene ring substituents is 1. The molecule has 1 saturated heterocycles. The van der Waals surface area contributed by atoms with Crippen molar-refractivity contribution in [3.63, 3.8) is 0 Å². The molecule has 0 radical (unpaired) electrons. The van der Waals surface area contributed by atoms with Crippen LogP contribution in [-0.2, 0) is 16.1 Å². The zero-order valence-electron chi connectivity index (χ0n) is 13.5. The maximum absolute atomic E-state index is 12.2. The highest BCUT2D eigenvalue weighted by Crippen LogP contribution is 2.19. The van der Waals surface area contributed by atoms with Gasteiger partial charge < -0.3 is 25.8 Å². The van der Waals surface area contributed by atoms with Crippen LogP contribution >= 0.6 is 0 Å². The molecule has 1 aliphatic heterocycles. The molecule has 0 bridgehead atoms. The van der Waals surface area contributed by atoms with Crippen LogP contribution in [0.1, 0.15) is 12.0 Å². The lowest BCUT2D eigenvalue weighted by Gasteiger charge is -2.23. The van der Waals surface area contributed by atoms with E-state index in [9.17, 15) is 24.8 Å². The number of carbonyl (C=O) groups is 2. The summed E-state index contributed by atoms with van der Waals surface area (Å²) in [4.78, 5) is 34.9. The third-order valence-corrected chi connectivity index (χ3v) is 3.86. The highest BCUT2D eigenvalue weighted by molar-refractivity contribution is 5.77. The molecule has 0 saturated carbocycles. The van der Waals surface area contributed by atoms with E-state index < -0.39 is 17.1 Å². The van der Waals surface area contributed by atoms with E-state index in [0.717, 1.165) is 0 Å². The van der Waals surface area contributed by atoms with E-state index in [2.05, 4.69) is 5.32 Å². The summed E-state index contributed by atoms with van der Waals surface area (Å²) in [7, 11) is 0. The van der Waals surface area contributed by atoms with Crippen LogP contribution in [-0.4, -0.2) is 58.7 Å². The Kier molecular flexibility index (Phi) is 6.25. The van der Waals surface area contributed by atoms with Crippen molar-refractivity contribution in [1.82, 2.24) is 10.2 Å². The van der Waals surface area contributed by atoms with Crippen LogP contribution in [0.3, 0.4) is 0 Å². The minimum Gasteiger partial charge on any atom is -0.445 e. The summed E-state index contributed by atoms with van der Waals surface area (Å²) in [6.45, 7) is 0.0904. The second kappa shape index (κ2) is 8.40. The van der Waals surface area contributed by atoms with Gasteiger partial charge >= 0.3 is 6.09 Å². The number of hydrogen-bond acceptors (Lipinski definition) is 7. The standard InChI is InChI=1S/C15H20N4O6/c16-6-14(21)17-7-12-5-13(20)8-18(12)15(22)25-9-10-1-3-11(4-2-10)19(23)24/h1-4,12-13,20H,5-9,16H2,(H,17,21)/t12-,13+/m0/s1. The third-order valence-electron chi connectivity index (χ3n) is 3.86. The maximum atomic E-state index is 12.2. The van der Waals surface area contributed by atoms with E-state index in [1.807, 2.05) is 0 Å². The first kappa shape index (κ1) is 18.6. The number of aliphatic hydroxyl groups excluding tert-OH is 1. The van der Waals surface area contributed by atoms with E-state index in [0.29, 0.717) is 12.0 Å². The molecular weight excluding hydrogens is 332 g/mol. The van der Waals surface area contributed by atoms with Crippen molar-refractivity contribution >= 4 is 17.7 Å². The van der Waals surface area contributed by atoms with Gasteiger partial charge in [-0.1, -0.05) is 0 Å². The highest BCUT2D eigenvalue weighted by Gasteiger charge is 2.35. The largest absolute Gasteiger partial charge is 0.445 e. The Balaban J connectivity index is 1.89. The second-order valence-corrected chi connectivity index (χ2v) is 5.68. The molecule has 136 valence electrons. The Morgan fingerprint density at radius 2 is 2.08 bits per heavy atom. The summed E-state index contributed by atoms with van der Waals surface area (Å²) < 4.78 is 5.19. The summed E-state index contributed by atoms with van der Waals surface area (Å²) in [6, 6.07) is 5.28. The van der Waals surface area contributed by atoms with E-state index in [-0.39, 0.29) is 43.9 Å². The van der Waals surface area contributed by atoms with Crippen LogP contribution in [0.25, 0.3) is 0 Å². The number of nitro groups is 1. The van der Waals surface area contributed by atoms with Crippen molar-refractivity contribution in [3.05, 3.63) is 39.9 Å². The van der Waals surface area contributed by atoms with Crippen molar-refractivity contribution in [2.24, 2.45) is 5.73 Å². The maximum Gasteiger partial charge on any atom is 0.410 e. The minimum absolute atomic E-state index is 0.0477. The molecule has 0 aliphatic carbocycles.